The largest absolute Gasteiger partial charge is 0.386 e. The van der Waals surface area contributed by atoms with Gasteiger partial charge in [0, 0.05) is 0 Å². The van der Waals surface area contributed by atoms with Crippen molar-refractivity contribution in [3.8, 4) is 0 Å². The Bertz CT molecular complexity index is 235. The molecule has 14 heavy (non-hydrogen) atoms. The minimum atomic E-state index is -0.715. The molecule has 0 aromatic heterocycles. The maximum Gasteiger partial charge on any atom is 0.240 e. The van der Waals surface area contributed by atoms with Crippen LogP contribution < -0.4 is 5.73 Å². The fourth-order valence-electron chi connectivity index (χ4n) is 1.50. The molecule has 4 nitrogen and oxygen atoms in total. The molecule has 0 aromatic carbocycles. The van der Waals surface area contributed by atoms with Gasteiger partial charge >= 0.3 is 0 Å². The zero-order valence-corrected chi connectivity index (χ0v) is 9.37. The van der Waals surface area contributed by atoms with Crippen LogP contribution >= 0.6 is 0 Å². The summed E-state index contributed by atoms with van der Waals surface area (Å²) in [7, 11) is 0. The normalized spacial score (nSPS) is 22.9. The highest BCUT2D eigenvalue weighted by Crippen LogP contribution is 2.25. The lowest BCUT2D eigenvalue weighted by Gasteiger charge is -2.46. The highest BCUT2D eigenvalue weighted by Gasteiger charge is 2.42. The molecule has 0 aliphatic carbocycles. The molecule has 1 heterocycles. The van der Waals surface area contributed by atoms with E-state index in [1.165, 1.54) is 0 Å². The van der Waals surface area contributed by atoms with Gasteiger partial charge in [0.2, 0.25) is 5.91 Å². The van der Waals surface area contributed by atoms with Crippen LogP contribution in [0, 0.1) is 5.41 Å². The van der Waals surface area contributed by atoms with Crippen LogP contribution in [0.1, 0.15) is 27.7 Å². The Morgan fingerprint density at radius 1 is 1.50 bits per heavy atom. The number of nitrogens with zero attached hydrogens (tertiary/aromatic N) is 1. The van der Waals surface area contributed by atoms with Crippen molar-refractivity contribution in [1.29, 1.82) is 0 Å². The van der Waals surface area contributed by atoms with Gasteiger partial charge in [-0.15, -0.1) is 0 Å². The highest BCUT2D eigenvalue weighted by atomic mass is 16.3. The van der Waals surface area contributed by atoms with Gasteiger partial charge in [0.15, 0.2) is 0 Å². The Balaban J connectivity index is 2.53. The molecule has 0 aromatic rings. The lowest BCUT2D eigenvalue weighted by Crippen LogP contribution is -2.65. The summed E-state index contributed by atoms with van der Waals surface area (Å²) >= 11 is 0. The summed E-state index contributed by atoms with van der Waals surface area (Å²) in [4.78, 5) is 13.4. The summed E-state index contributed by atoms with van der Waals surface area (Å²) in [5, 5.41) is 9.48. The summed E-state index contributed by atoms with van der Waals surface area (Å²) in [6.45, 7) is 8.33. The third kappa shape index (κ3) is 2.25. The first kappa shape index (κ1) is 11.5. The van der Waals surface area contributed by atoms with Crippen molar-refractivity contribution in [2.24, 2.45) is 11.1 Å². The van der Waals surface area contributed by atoms with Gasteiger partial charge in [0.25, 0.3) is 0 Å². The Kier molecular flexibility index (Phi) is 2.63. The van der Waals surface area contributed by atoms with Crippen LogP contribution in [-0.4, -0.2) is 40.6 Å². The highest BCUT2D eigenvalue weighted by molar-refractivity contribution is 5.83. The van der Waals surface area contributed by atoms with Crippen molar-refractivity contribution < 1.29 is 9.90 Å². The summed E-state index contributed by atoms with van der Waals surface area (Å²) in [5.74, 6) is -0.0657. The van der Waals surface area contributed by atoms with E-state index in [-0.39, 0.29) is 11.3 Å². The monoisotopic (exact) mass is 200 g/mol. The second kappa shape index (κ2) is 3.21. The van der Waals surface area contributed by atoms with Gasteiger partial charge < -0.3 is 15.7 Å². The summed E-state index contributed by atoms with van der Waals surface area (Å²) in [6, 6.07) is -0.487. The van der Waals surface area contributed by atoms with Crippen molar-refractivity contribution in [3.05, 3.63) is 0 Å². The summed E-state index contributed by atoms with van der Waals surface area (Å²) < 4.78 is 0. The van der Waals surface area contributed by atoms with E-state index < -0.39 is 11.6 Å². The zero-order chi connectivity index (χ0) is 11.1. The van der Waals surface area contributed by atoms with Crippen molar-refractivity contribution >= 4 is 5.91 Å². The molecule has 1 rings (SSSR count). The molecule has 0 bridgehead atoms. The van der Waals surface area contributed by atoms with Crippen LogP contribution in [0.15, 0.2) is 0 Å². The van der Waals surface area contributed by atoms with Crippen LogP contribution in [0.3, 0.4) is 0 Å². The molecule has 1 fully saturated rings. The molecule has 1 amide bonds. The number of hydrogen-bond acceptors (Lipinski definition) is 3. The van der Waals surface area contributed by atoms with Gasteiger partial charge in [-0.1, -0.05) is 20.8 Å². The lowest BCUT2D eigenvalue weighted by atomic mass is 9.85. The molecule has 1 atom stereocenters. The number of rotatable bonds is 1. The van der Waals surface area contributed by atoms with Gasteiger partial charge in [-0.05, 0) is 12.3 Å². The summed E-state index contributed by atoms with van der Waals surface area (Å²) in [5.41, 5.74) is 4.88. The smallest absolute Gasteiger partial charge is 0.240 e. The number of nitrogens with two attached hydrogens (primary N) is 1. The predicted octanol–water partition coefficient (Wildman–Crippen LogP) is -0.0470. The van der Waals surface area contributed by atoms with E-state index >= 15 is 0 Å². The standard InChI is InChI=1S/C10H20N2O2/c1-9(2,3)7(11)8(13)12-5-10(4,14)6-12/h7,14H,5-6,11H2,1-4H3. The van der Waals surface area contributed by atoms with Gasteiger partial charge in [-0.2, -0.15) is 0 Å². The molecule has 1 aliphatic rings. The number of carbonyl (C=O) groups is 1. The number of carbonyl (C=O) groups excluding carboxylic acids is 1. The Morgan fingerprint density at radius 3 is 2.21 bits per heavy atom. The van der Waals surface area contributed by atoms with E-state index in [1.54, 1.807) is 11.8 Å². The maximum atomic E-state index is 11.7. The van der Waals surface area contributed by atoms with E-state index in [4.69, 9.17) is 5.73 Å². The van der Waals surface area contributed by atoms with Crippen LogP contribution in [-0.2, 0) is 4.79 Å². The molecule has 1 unspecified atom stereocenters. The SMILES string of the molecule is CC1(O)CN(C(=O)C(N)C(C)(C)C)C1. The zero-order valence-electron chi connectivity index (χ0n) is 9.37. The average molecular weight is 200 g/mol. The van der Waals surface area contributed by atoms with E-state index in [1.807, 2.05) is 20.8 Å². The Hall–Kier alpha value is -0.610. The van der Waals surface area contributed by atoms with Gasteiger partial charge in [0.05, 0.1) is 24.7 Å². The molecule has 3 N–H and O–H groups in total. The maximum absolute atomic E-state index is 11.7. The first-order valence-corrected chi connectivity index (χ1v) is 4.90. The molecule has 1 saturated heterocycles. The van der Waals surface area contributed by atoms with Gasteiger partial charge in [-0.25, -0.2) is 0 Å². The average Bonchev–Trinajstić information content (AvgIpc) is 1.95. The summed E-state index contributed by atoms with van der Waals surface area (Å²) in [6.07, 6.45) is 0. The molecular weight excluding hydrogens is 180 g/mol. The lowest BCUT2D eigenvalue weighted by molar-refractivity contribution is -0.155. The molecule has 0 radical (unpaired) electrons. The molecule has 82 valence electrons. The number of likely N-dealkylation sites (tertiary alicyclic amines) is 1. The number of hydrogen-bond donors (Lipinski definition) is 2. The fraction of sp³-hybridized carbons (Fsp3) is 0.900. The molecule has 1 aliphatic heterocycles. The van der Waals surface area contributed by atoms with Crippen LogP contribution in [0.5, 0.6) is 0 Å². The first-order chi connectivity index (χ1) is 6.13. The van der Waals surface area contributed by atoms with Gasteiger partial charge in [-0.3, -0.25) is 4.79 Å². The number of aliphatic hydroxyl groups is 1. The predicted molar refractivity (Wildman–Crippen MR) is 54.6 cm³/mol. The second-order valence-electron chi connectivity index (χ2n) is 5.53. The van der Waals surface area contributed by atoms with E-state index in [2.05, 4.69) is 0 Å². The van der Waals surface area contributed by atoms with E-state index in [0.717, 1.165) is 0 Å². The molecule has 4 heteroatoms. The minimum Gasteiger partial charge on any atom is -0.386 e. The van der Waals surface area contributed by atoms with E-state index in [9.17, 15) is 9.90 Å². The van der Waals surface area contributed by atoms with Crippen molar-refractivity contribution in [2.45, 2.75) is 39.3 Å². The molecular formula is C10H20N2O2. The topological polar surface area (TPSA) is 66.6 Å². The minimum absolute atomic E-state index is 0.0657. The van der Waals surface area contributed by atoms with Crippen LogP contribution in [0.25, 0.3) is 0 Å². The number of amides is 1. The van der Waals surface area contributed by atoms with Crippen molar-refractivity contribution in [1.82, 2.24) is 4.90 Å². The second-order valence-corrected chi connectivity index (χ2v) is 5.53. The third-order valence-corrected chi connectivity index (χ3v) is 2.57. The Morgan fingerprint density at radius 2 is 1.93 bits per heavy atom. The van der Waals surface area contributed by atoms with Crippen molar-refractivity contribution in [2.75, 3.05) is 13.1 Å². The quantitative estimate of drug-likeness (QED) is 0.624. The molecule has 0 spiro atoms. The van der Waals surface area contributed by atoms with E-state index in [0.29, 0.717) is 13.1 Å². The van der Waals surface area contributed by atoms with Crippen LogP contribution in [0.2, 0.25) is 0 Å². The fourth-order valence-corrected chi connectivity index (χ4v) is 1.50. The Labute approximate surface area is 85.1 Å². The van der Waals surface area contributed by atoms with Gasteiger partial charge in [0.1, 0.15) is 0 Å². The molecule has 0 saturated carbocycles. The first-order valence-electron chi connectivity index (χ1n) is 4.90. The van der Waals surface area contributed by atoms with Crippen LogP contribution in [0.4, 0.5) is 0 Å². The number of β-amino-alcohol motifs (C(OH)–C–C–N with tert-alkyl or cyclic N) is 1. The third-order valence-electron chi connectivity index (χ3n) is 2.57. The van der Waals surface area contributed by atoms with Crippen molar-refractivity contribution in [3.63, 3.8) is 0 Å².